The van der Waals surface area contributed by atoms with E-state index in [1.807, 2.05) is 6.92 Å². The van der Waals surface area contributed by atoms with Crippen molar-refractivity contribution in [3.05, 3.63) is 0 Å². The van der Waals surface area contributed by atoms with E-state index in [0.717, 1.165) is 19.4 Å². The highest BCUT2D eigenvalue weighted by Crippen LogP contribution is 2.16. The van der Waals surface area contributed by atoms with Crippen molar-refractivity contribution in [2.75, 3.05) is 33.2 Å². The van der Waals surface area contributed by atoms with Crippen LogP contribution in [0.25, 0.3) is 0 Å². The monoisotopic (exact) mass is 227 g/mol. The van der Waals surface area contributed by atoms with Gasteiger partial charge in [0, 0.05) is 31.7 Å². The lowest BCUT2D eigenvalue weighted by Crippen LogP contribution is -2.43. The van der Waals surface area contributed by atoms with E-state index in [-0.39, 0.29) is 11.8 Å². The number of carbonyl (C=O) groups is 1. The van der Waals surface area contributed by atoms with Gasteiger partial charge in [-0.15, -0.1) is 0 Å². The van der Waals surface area contributed by atoms with Gasteiger partial charge < -0.3 is 9.80 Å². The van der Waals surface area contributed by atoms with E-state index in [0.29, 0.717) is 0 Å². The topological polar surface area (TPSA) is 29.1 Å². The summed E-state index contributed by atoms with van der Waals surface area (Å²) in [5.74, 6) is 0.378. The predicted octanol–water partition coefficient (Wildman–Crippen LogP) is 1.78. The van der Waals surface area contributed by atoms with Gasteiger partial charge in [0.1, 0.15) is 0 Å². The lowest BCUT2D eigenvalue weighted by Gasteiger charge is -2.29. The molecule has 0 radical (unpaired) electrons. The van der Waals surface area contributed by atoms with Gasteiger partial charge in [0.25, 0.3) is 0 Å². The van der Waals surface area contributed by atoms with Gasteiger partial charge in [0.05, 0.1) is 26.7 Å². The van der Waals surface area contributed by atoms with Gasteiger partial charge in [0.2, 0.25) is 5.91 Å². The van der Waals surface area contributed by atoms with Crippen LogP contribution in [0, 0.1) is 5.92 Å². The molecule has 0 aliphatic carbocycles. The van der Waals surface area contributed by atoms with Crippen molar-refractivity contribution < 1.29 is 9.28 Å². The second-order valence-corrected chi connectivity index (χ2v) is 5.45. The molecule has 0 saturated carbocycles. The summed E-state index contributed by atoms with van der Waals surface area (Å²) in [7, 11) is 2.34. The maximum Gasteiger partial charge on any atom is 0.222 e. The lowest BCUT2D eigenvalue weighted by molar-refractivity contribution is -0.897. The third-order valence-corrected chi connectivity index (χ3v) is 3.88. The molecule has 3 nitrogen and oxygen atoms in total. The molecule has 1 heterocycles. The number of carbonyl (C=O) groups excluding carboxylic acids is 1. The quantitative estimate of drug-likeness (QED) is 0.544. The standard InChI is InChI=1S/C13H26N2O/c1-4-12(2)13(16)14-8-7-11-15(3)9-5-6-10-15/h12H,4-11H2,1-3H3/p+1. The van der Waals surface area contributed by atoms with Crippen LogP contribution in [0.3, 0.4) is 0 Å². The van der Waals surface area contributed by atoms with Crippen LogP contribution in [0.2, 0.25) is 0 Å². The first-order chi connectivity index (χ1) is 7.57. The van der Waals surface area contributed by atoms with E-state index < -0.39 is 0 Å². The van der Waals surface area contributed by atoms with Crippen molar-refractivity contribution >= 4 is 5.91 Å². The minimum atomic E-state index is 0.163. The van der Waals surface area contributed by atoms with E-state index in [9.17, 15) is 4.79 Å². The van der Waals surface area contributed by atoms with Gasteiger partial charge in [-0.25, -0.2) is 0 Å². The molecule has 0 aromatic rings. The molecule has 0 spiro atoms. The fourth-order valence-corrected chi connectivity index (χ4v) is 2.35. The van der Waals surface area contributed by atoms with Crippen molar-refractivity contribution in [2.24, 2.45) is 5.92 Å². The first-order valence-corrected chi connectivity index (χ1v) is 6.68. The highest BCUT2D eigenvalue weighted by molar-refractivity contribution is 5.78. The molecule has 1 atom stereocenters. The first kappa shape index (κ1) is 13.5. The summed E-state index contributed by atoms with van der Waals surface area (Å²) in [5, 5.41) is 3.03. The van der Waals surface area contributed by atoms with Gasteiger partial charge in [0.15, 0.2) is 0 Å². The zero-order valence-corrected chi connectivity index (χ0v) is 11.1. The van der Waals surface area contributed by atoms with Crippen molar-refractivity contribution in [1.29, 1.82) is 0 Å². The van der Waals surface area contributed by atoms with Crippen LogP contribution in [-0.2, 0) is 4.79 Å². The van der Waals surface area contributed by atoms with Crippen molar-refractivity contribution in [3.8, 4) is 0 Å². The normalized spacial score (nSPS) is 20.7. The van der Waals surface area contributed by atoms with Crippen molar-refractivity contribution in [2.45, 2.75) is 39.5 Å². The Kier molecular flexibility index (Phi) is 5.26. The van der Waals surface area contributed by atoms with Gasteiger partial charge in [-0.2, -0.15) is 0 Å². The Morgan fingerprint density at radius 2 is 2.00 bits per heavy atom. The van der Waals surface area contributed by atoms with Gasteiger partial charge in [-0.05, 0) is 6.42 Å². The smallest absolute Gasteiger partial charge is 0.222 e. The Bertz CT molecular complexity index is 222. The maximum absolute atomic E-state index is 11.5. The number of hydrogen-bond acceptors (Lipinski definition) is 1. The minimum absolute atomic E-state index is 0.163. The Morgan fingerprint density at radius 3 is 2.56 bits per heavy atom. The molecule has 3 heteroatoms. The molecule has 94 valence electrons. The fourth-order valence-electron chi connectivity index (χ4n) is 2.35. The van der Waals surface area contributed by atoms with E-state index in [1.165, 1.54) is 37.0 Å². The average Bonchev–Trinajstić information content (AvgIpc) is 2.70. The number of quaternary nitrogens is 1. The van der Waals surface area contributed by atoms with Crippen LogP contribution in [0.15, 0.2) is 0 Å². The SMILES string of the molecule is CCC(C)C(=O)NCCC[N+]1(C)CCCC1. The number of rotatable bonds is 6. The van der Waals surface area contributed by atoms with E-state index >= 15 is 0 Å². The van der Waals surface area contributed by atoms with Gasteiger partial charge >= 0.3 is 0 Å². The molecule has 1 fully saturated rings. The second kappa shape index (κ2) is 6.24. The summed E-state index contributed by atoms with van der Waals surface area (Å²) >= 11 is 0. The van der Waals surface area contributed by atoms with Crippen molar-refractivity contribution in [1.82, 2.24) is 5.32 Å². The molecular weight excluding hydrogens is 200 g/mol. The number of amides is 1. The summed E-state index contributed by atoms with van der Waals surface area (Å²) < 4.78 is 1.21. The summed E-state index contributed by atoms with van der Waals surface area (Å²) in [6.07, 6.45) is 4.78. The average molecular weight is 227 g/mol. The molecule has 0 aromatic carbocycles. The molecule has 1 N–H and O–H groups in total. The van der Waals surface area contributed by atoms with Gasteiger partial charge in [-0.1, -0.05) is 13.8 Å². The van der Waals surface area contributed by atoms with Gasteiger partial charge in [-0.3, -0.25) is 4.79 Å². The predicted molar refractivity (Wildman–Crippen MR) is 67.1 cm³/mol. The van der Waals surface area contributed by atoms with Crippen LogP contribution in [-0.4, -0.2) is 43.6 Å². The van der Waals surface area contributed by atoms with Crippen LogP contribution in [0.5, 0.6) is 0 Å². The van der Waals surface area contributed by atoms with Crippen LogP contribution in [0.4, 0.5) is 0 Å². The van der Waals surface area contributed by atoms with Crippen molar-refractivity contribution in [3.63, 3.8) is 0 Å². The zero-order chi connectivity index (χ0) is 12.0. The number of nitrogens with one attached hydrogen (secondary N) is 1. The molecule has 1 aliphatic rings. The van der Waals surface area contributed by atoms with Crippen LogP contribution >= 0.6 is 0 Å². The third kappa shape index (κ3) is 4.12. The molecule has 1 rings (SSSR count). The summed E-state index contributed by atoms with van der Waals surface area (Å²) in [4.78, 5) is 11.5. The molecular formula is C13H27N2O+. The maximum atomic E-state index is 11.5. The number of nitrogens with zero attached hydrogens (tertiary/aromatic N) is 1. The highest BCUT2D eigenvalue weighted by atomic mass is 16.1. The third-order valence-electron chi connectivity index (χ3n) is 3.88. The Hall–Kier alpha value is -0.570. The Labute approximate surface area is 99.8 Å². The van der Waals surface area contributed by atoms with Crippen LogP contribution < -0.4 is 5.32 Å². The van der Waals surface area contributed by atoms with E-state index in [1.54, 1.807) is 0 Å². The Morgan fingerprint density at radius 1 is 1.38 bits per heavy atom. The summed E-state index contributed by atoms with van der Waals surface area (Å²) in [6.45, 7) is 8.74. The largest absolute Gasteiger partial charge is 0.356 e. The first-order valence-electron chi connectivity index (χ1n) is 6.68. The minimum Gasteiger partial charge on any atom is -0.356 e. The Balaban J connectivity index is 2.09. The molecule has 0 bridgehead atoms. The molecule has 0 aromatic heterocycles. The number of hydrogen-bond donors (Lipinski definition) is 1. The summed E-state index contributed by atoms with van der Waals surface area (Å²) in [6, 6.07) is 0. The zero-order valence-electron chi connectivity index (χ0n) is 11.1. The fraction of sp³-hybridized carbons (Fsp3) is 0.923. The van der Waals surface area contributed by atoms with E-state index in [4.69, 9.17) is 0 Å². The molecule has 1 unspecified atom stereocenters. The number of likely N-dealkylation sites (tertiary alicyclic amines) is 1. The second-order valence-electron chi connectivity index (χ2n) is 5.45. The molecule has 1 amide bonds. The van der Waals surface area contributed by atoms with E-state index in [2.05, 4.69) is 19.3 Å². The molecule has 1 saturated heterocycles. The molecule has 16 heavy (non-hydrogen) atoms. The molecule has 1 aliphatic heterocycles. The lowest BCUT2D eigenvalue weighted by atomic mass is 10.1. The summed E-state index contributed by atoms with van der Waals surface area (Å²) in [5.41, 5.74) is 0. The highest BCUT2D eigenvalue weighted by Gasteiger charge is 2.25. The van der Waals surface area contributed by atoms with Crippen LogP contribution in [0.1, 0.15) is 39.5 Å².